The highest BCUT2D eigenvalue weighted by molar-refractivity contribution is 5.48. The molecule has 1 aromatic carbocycles. The summed E-state index contributed by atoms with van der Waals surface area (Å²) in [5.74, 6) is 0.753. The van der Waals surface area contributed by atoms with E-state index >= 15 is 0 Å². The number of benzene rings is 1. The van der Waals surface area contributed by atoms with Crippen molar-refractivity contribution in [3.63, 3.8) is 0 Å². The molecule has 0 aliphatic carbocycles. The number of hydrogen-bond acceptors (Lipinski definition) is 6. The Morgan fingerprint density at radius 3 is 2.86 bits per heavy atom. The monoisotopic (exact) mass is 291 g/mol. The van der Waals surface area contributed by atoms with Gasteiger partial charge in [-0.25, -0.2) is 0 Å². The van der Waals surface area contributed by atoms with Crippen LogP contribution >= 0.6 is 0 Å². The van der Waals surface area contributed by atoms with Crippen LogP contribution in [0, 0.1) is 17.0 Å². The summed E-state index contributed by atoms with van der Waals surface area (Å²) in [4.78, 5) is 10.6. The third-order valence-electron chi connectivity index (χ3n) is 2.85. The van der Waals surface area contributed by atoms with E-state index in [0.29, 0.717) is 12.3 Å². The van der Waals surface area contributed by atoms with E-state index in [1.165, 1.54) is 6.07 Å². The standard InChI is InChI=1S/C14H17N3O4/c1-3-15-8-11-4-5-13(17(18)19)14(7-11)20-9-12-6-10(2)16-21-12/h4-7,15H,3,8-9H2,1-2H3. The molecule has 2 aromatic rings. The summed E-state index contributed by atoms with van der Waals surface area (Å²) in [5.41, 5.74) is 1.60. The molecule has 7 heteroatoms. The molecule has 0 spiro atoms. The van der Waals surface area contributed by atoms with E-state index in [0.717, 1.165) is 17.8 Å². The maximum atomic E-state index is 11.0. The molecule has 0 amide bonds. The smallest absolute Gasteiger partial charge is 0.310 e. The number of nitro groups is 1. The number of ether oxygens (including phenoxy) is 1. The molecule has 7 nitrogen and oxygen atoms in total. The number of hydrogen-bond donors (Lipinski definition) is 1. The van der Waals surface area contributed by atoms with Gasteiger partial charge in [-0.15, -0.1) is 0 Å². The average Bonchev–Trinajstić information content (AvgIpc) is 2.88. The Morgan fingerprint density at radius 1 is 1.43 bits per heavy atom. The van der Waals surface area contributed by atoms with Crippen LogP contribution in [0.4, 0.5) is 5.69 Å². The predicted octanol–water partition coefficient (Wildman–Crippen LogP) is 2.58. The first-order valence-electron chi connectivity index (χ1n) is 6.63. The molecular weight excluding hydrogens is 274 g/mol. The van der Waals surface area contributed by atoms with Crippen LogP contribution in [0.2, 0.25) is 0 Å². The maximum absolute atomic E-state index is 11.0. The second-order valence-electron chi connectivity index (χ2n) is 4.56. The van der Waals surface area contributed by atoms with E-state index in [1.54, 1.807) is 25.1 Å². The highest BCUT2D eigenvalue weighted by Gasteiger charge is 2.16. The highest BCUT2D eigenvalue weighted by Crippen LogP contribution is 2.28. The largest absolute Gasteiger partial charge is 0.479 e. The summed E-state index contributed by atoms with van der Waals surface area (Å²) in [6.07, 6.45) is 0. The van der Waals surface area contributed by atoms with Gasteiger partial charge in [0.15, 0.2) is 11.5 Å². The molecule has 0 radical (unpaired) electrons. The van der Waals surface area contributed by atoms with Crippen molar-refractivity contribution >= 4 is 5.69 Å². The van der Waals surface area contributed by atoms with Gasteiger partial charge in [-0.2, -0.15) is 0 Å². The molecule has 0 unspecified atom stereocenters. The van der Waals surface area contributed by atoms with Gasteiger partial charge in [-0.1, -0.05) is 18.1 Å². The van der Waals surface area contributed by atoms with Gasteiger partial charge in [0.25, 0.3) is 0 Å². The van der Waals surface area contributed by atoms with Crippen LogP contribution in [0.15, 0.2) is 28.8 Å². The summed E-state index contributed by atoms with van der Waals surface area (Å²) in [6, 6.07) is 6.57. The lowest BCUT2D eigenvalue weighted by Gasteiger charge is -2.08. The Labute approximate surface area is 122 Å². The number of nitrogens with zero attached hydrogens (tertiary/aromatic N) is 2. The average molecular weight is 291 g/mol. The Bertz CT molecular complexity index is 624. The summed E-state index contributed by atoms with van der Waals surface area (Å²) in [6.45, 7) is 5.35. The predicted molar refractivity (Wildman–Crippen MR) is 76.0 cm³/mol. The second kappa shape index (κ2) is 6.85. The Balaban J connectivity index is 2.15. The molecule has 21 heavy (non-hydrogen) atoms. The fourth-order valence-corrected chi connectivity index (χ4v) is 1.84. The van der Waals surface area contributed by atoms with Crippen LogP contribution in [0.25, 0.3) is 0 Å². The van der Waals surface area contributed by atoms with Crippen LogP contribution < -0.4 is 10.1 Å². The van der Waals surface area contributed by atoms with Crippen molar-refractivity contribution in [3.8, 4) is 5.75 Å². The maximum Gasteiger partial charge on any atom is 0.310 e. The van der Waals surface area contributed by atoms with Gasteiger partial charge in [-0.05, 0) is 25.1 Å². The molecule has 1 N–H and O–H groups in total. The zero-order chi connectivity index (χ0) is 15.2. The topological polar surface area (TPSA) is 90.4 Å². The lowest BCUT2D eigenvalue weighted by molar-refractivity contribution is -0.386. The van der Waals surface area contributed by atoms with Crippen LogP contribution in [0.3, 0.4) is 0 Å². The SMILES string of the molecule is CCNCc1ccc([N+](=O)[O-])c(OCc2cc(C)no2)c1. The number of nitro benzene ring substituents is 1. The molecule has 0 atom stereocenters. The van der Waals surface area contributed by atoms with E-state index < -0.39 is 4.92 Å². The summed E-state index contributed by atoms with van der Waals surface area (Å²) in [5, 5.41) is 17.9. The van der Waals surface area contributed by atoms with Gasteiger partial charge in [0.2, 0.25) is 0 Å². The molecule has 0 bridgehead atoms. The van der Waals surface area contributed by atoms with Crippen LogP contribution in [0.1, 0.15) is 23.9 Å². The fourth-order valence-electron chi connectivity index (χ4n) is 1.84. The van der Waals surface area contributed by atoms with Gasteiger partial charge in [-0.3, -0.25) is 10.1 Å². The first-order chi connectivity index (χ1) is 10.1. The van der Waals surface area contributed by atoms with Crippen LogP contribution in [0.5, 0.6) is 5.75 Å². The molecule has 0 fully saturated rings. The number of aromatic nitrogens is 1. The number of nitrogens with one attached hydrogen (secondary N) is 1. The first-order valence-corrected chi connectivity index (χ1v) is 6.63. The first kappa shape index (κ1) is 15.0. The molecule has 112 valence electrons. The molecule has 0 aliphatic rings. The minimum Gasteiger partial charge on any atom is -0.479 e. The highest BCUT2D eigenvalue weighted by atomic mass is 16.6. The van der Waals surface area contributed by atoms with Crippen molar-refractivity contribution in [2.45, 2.75) is 27.0 Å². The molecular formula is C14H17N3O4. The van der Waals surface area contributed by atoms with E-state index in [9.17, 15) is 10.1 Å². The summed E-state index contributed by atoms with van der Waals surface area (Å²) < 4.78 is 10.5. The second-order valence-corrected chi connectivity index (χ2v) is 4.56. The Hall–Kier alpha value is -2.41. The quantitative estimate of drug-likeness (QED) is 0.623. The minimum atomic E-state index is -0.460. The van der Waals surface area contributed by atoms with Gasteiger partial charge in [0.1, 0.15) is 6.61 Å². The summed E-state index contributed by atoms with van der Waals surface area (Å²) in [7, 11) is 0. The van der Waals surface area contributed by atoms with Gasteiger partial charge < -0.3 is 14.6 Å². The third kappa shape index (κ3) is 4.03. The molecule has 0 saturated carbocycles. The van der Waals surface area contributed by atoms with E-state index in [1.807, 2.05) is 6.92 Å². The molecule has 0 aliphatic heterocycles. The van der Waals surface area contributed by atoms with Crippen LogP contribution in [-0.4, -0.2) is 16.6 Å². The zero-order valence-electron chi connectivity index (χ0n) is 12.0. The van der Waals surface area contributed by atoms with Gasteiger partial charge in [0, 0.05) is 18.7 Å². The van der Waals surface area contributed by atoms with Crippen molar-refractivity contribution in [2.75, 3.05) is 6.54 Å². The van der Waals surface area contributed by atoms with E-state index in [4.69, 9.17) is 9.26 Å². The fraction of sp³-hybridized carbons (Fsp3) is 0.357. The zero-order valence-corrected chi connectivity index (χ0v) is 12.0. The van der Waals surface area contributed by atoms with Crippen molar-refractivity contribution in [1.82, 2.24) is 10.5 Å². The normalized spacial score (nSPS) is 10.6. The number of aryl methyl sites for hydroxylation is 1. The van der Waals surface area contributed by atoms with Crippen molar-refractivity contribution in [2.24, 2.45) is 0 Å². The summed E-state index contributed by atoms with van der Waals surface area (Å²) >= 11 is 0. The Morgan fingerprint density at radius 2 is 2.24 bits per heavy atom. The lowest BCUT2D eigenvalue weighted by atomic mass is 10.2. The molecule has 1 heterocycles. The van der Waals surface area contributed by atoms with Crippen LogP contribution in [-0.2, 0) is 13.2 Å². The molecule has 2 rings (SSSR count). The van der Waals surface area contributed by atoms with E-state index in [-0.39, 0.29) is 18.0 Å². The molecule has 1 aromatic heterocycles. The van der Waals surface area contributed by atoms with Crippen molar-refractivity contribution in [3.05, 3.63) is 51.4 Å². The third-order valence-corrected chi connectivity index (χ3v) is 2.85. The lowest BCUT2D eigenvalue weighted by Crippen LogP contribution is -2.12. The van der Waals surface area contributed by atoms with Crippen molar-refractivity contribution in [1.29, 1.82) is 0 Å². The number of rotatable bonds is 7. The van der Waals surface area contributed by atoms with Gasteiger partial charge >= 0.3 is 5.69 Å². The van der Waals surface area contributed by atoms with Gasteiger partial charge in [0.05, 0.1) is 10.6 Å². The van der Waals surface area contributed by atoms with Crippen molar-refractivity contribution < 1.29 is 14.2 Å². The Kier molecular flexibility index (Phi) is 4.89. The molecule has 0 saturated heterocycles. The van der Waals surface area contributed by atoms with E-state index in [2.05, 4.69) is 10.5 Å². The minimum absolute atomic E-state index is 0.0634.